The van der Waals surface area contributed by atoms with Gasteiger partial charge in [0.2, 0.25) is 5.91 Å². The van der Waals surface area contributed by atoms with E-state index in [-0.39, 0.29) is 29.8 Å². The zero-order chi connectivity index (χ0) is 23.4. The fourth-order valence-electron chi connectivity index (χ4n) is 3.30. The molecule has 1 atom stereocenters. The summed E-state index contributed by atoms with van der Waals surface area (Å²) in [5.74, 6) is -2.64. The van der Waals surface area contributed by atoms with Crippen LogP contribution in [0.2, 0.25) is 0 Å². The van der Waals surface area contributed by atoms with Gasteiger partial charge in [0, 0.05) is 24.2 Å². The number of rotatable bonds is 8. The number of carbonyl (C=O) groups is 1. The molecule has 2 aromatic carbocycles. The predicted molar refractivity (Wildman–Crippen MR) is 109 cm³/mol. The maximum atomic E-state index is 13.8. The second kappa shape index (κ2) is 9.90. The van der Waals surface area contributed by atoms with E-state index in [1.54, 1.807) is 6.07 Å². The van der Waals surface area contributed by atoms with Gasteiger partial charge in [0.15, 0.2) is 11.6 Å². The third-order valence-electron chi connectivity index (χ3n) is 4.81. The highest BCUT2D eigenvalue weighted by Gasteiger charge is 2.21. The fourth-order valence-corrected chi connectivity index (χ4v) is 3.30. The van der Waals surface area contributed by atoms with Crippen molar-refractivity contribution in [2.24, 2.45) is 0 Å². The van der Waals surface area contributed by atoms with Gasteiger partial charge in [-0.05, 0) is 30.3 Å². The molecule has 7 nitrogen and oxygen atoms in total. The maximum absolute atomic E-state index is 13.8. The Bertz CT molecular complexity index is 1130. The van der Waals surface area contributed by atoms with Crippen molar-refractivity contribution in [2.75, 3.05) is 18.5 Å². The third-order valence-corrected chi connectivity index (χ3v) is 4.81. The molecule has 0 spiro atoms. The monoisotopic (exact) mass is 465 g/mol. The van der Waals surface area contributed by atoms with Crippen LogP contribution in [0.15, 0.2) is 48.7 Å². The lowest BCUT2D eigenvalue weighted by atomic mass is 10.1. The summed E-state index contributed by atoms with van der Waals surface area (Å²) in [6.07, 6.45) is 1.91. The molecular weight excluding hydrogens is 446 g/mol. The Hall–Kier alpha value is -3.60. The Morgan fingerprint density at radius 2 is 2.09 bits per heavy atom. The van der Waals surface area contributed by atoms with Gasteiger partial charge in [-0.25, -0.2) is 8.78 Å². The number of amides is 1. The van der Waals surface area contributed by atoms with Gasteiger partial charge in [0.1, 0.15) is 24.1 Å². The highest BCUT2D eigenvalue weighted by Crippen LogP contribution is 2.34. The Morgan fingerprint density at radius 3 is 2.85 bits per heavy atom. The summed E-state index contributed by atoms with van der Waals surface area (Å²) in [4.78, 5) is 12.2. The van der Waals surface area contributed by atoms with Crippen LogP contribution in [0, 0.1) is 11.6 Å². The summed E-state index contributed by atoms with van der Waals surface area (Å²) in [5.41, 5.74) is 0.632. The molecule has 2 heterocycles. The highest BCUT2D eigenvalue weighted by molar-refractivity contribution is 5.90. The molecule has 1 amide bonds. The topological polar surface area (TPSA) is 74.6 Å². The minimum Gasteiger partial charge on any atom is -0.487 e. The molecule has 1 aliphatic rings. The van der Waals surface area contributed by atoms with Crippen molar-refractivity contribution in [2.45, 2.75) is 25.7 Å². The molecule has 174 valence electrons. The van der Waals surface area contributed by atoms with Crippen LogP contribution in [-0.4, -0.2) is 41.6 Å². The van der Waals surface area contributed by atoms with Crippen molar-refractivity contribution < 1.29 is 36.6 Å². The fraction of sp³-hybridized carbons (Fsp3) is 0.273. The molecule has 0 saturated carbocycles. The molecule has 0 aliphatic carbocycles. The van der Waals surface area contributed by atoms with Gasteiger partial charge in [0.05, 0.1) is 24.6 Å². The number of halogens is 4. The quantitative estimate of drug-likeness (QED) is 0.504. The number of anilines is 1. The zero-order valence-electron chi connectivity index (χ0n) is 17.1. The first-order valence-electron chi connectivity index (χ1n) is 10.00. The summed E-state index contributed by atoms with van der Waals surface area (Å²) in [6.45, 7) is -2.36. The van der Waals surface area contributed by atoms with Crippen LogP contribution >= 0.6 is 0 Å². The van der Waals surface area contributed by atoms with Crippen LogP contribution in [0.1, 0.15) is 6.42 Å². The SMILES string of the molecule is O=C(Cn1ccc(-c2ccc(OC(F)F)cc2O[C@@H]2CCOC2)n1)Nc1cccc(F)c1F. The number of nitrogens with zero attached hydrogens (tertiary/aromatic N) is 2. The smallest absolute Gasteiger partial charge is 0.387 e. The summed E-state index contributed by atoms with van der Waals surface area (Å²) < 4.78 is 69.3. The summed E-state index contributed by atoms with van der Waals surface area (Å²) in [7, 11) is 0. The average Bonchev–Trinajstić information content (AvgIpc) is 3.43. The number of nitrogens with one attached hydrogen (secondary N) is 1. The highest BCUT2D eigenvalue weighted by atomic mass is 19.3. The second-order valence-electron chi connectivity index (χ2n) is 7.19. The van der Waals surface area contributed by atoms with E-state index in [9.17, 15) is 22.4 Å². The molecule has 0 radical (unpaired) electrons. The third kappa shape index (κ3) is 5.61. The van der Waals surface area contributed by atoms with Crippen molar-refractivity contribution in [1.29, 1.82) is 0 Å². The second-order valence-corrected chi connectivity index (χ2v) is 7.19. The Balaban J connectivity index is 1.51. The molecule has 1 aliphatic heterocycles. The molecule has 1 N–H and O–H groups in total. The number of hydrogen-bond acceptors (Lipinski definition) is 5. The van der Waals surface area contributed by atoms with E-state index >= 15 is 0 Å². The number of carbonyl (C=O) groups excluding carboxylic acids is 1. The maximum Gasteiger partial charge on any atom is 0.387 e. The first-order valence-corrected chi connectivity index (χ1v) is 10.00. The standard InChI is InChI=1S/C22H19F4N3O4/c23-16-2-1-3-18(21(16)24)27-20(30)11-29-8-6-17(28-29)15-5-4-13(33-22(25)26)10-19(15)32-14-7-9-31-12-14/h1-6,8,10,14,22H,7,9,11-12H2,(H,27,30)/t14-/m1/s1. The van der Waals surface area contributed by atoms with Crippen LogP contribution in [0.4, 0.5) is 23.2 Å². The minimum absolute atomic E-state index is 0.0707. The van der Waals surface area contributed by atoms with E-state index in [4.69, 9.17) is 9.47 Å². The minimum atomic E-state index is -2.99. The molecule has 1 saturated heterocycles. The van der Waals surface area contributed by atoms with Crippen LogP contribution < -0.4 is 14.8 Å². The molecule has 3 aromatic rings. The van der Waals surface area contributed by atoms with E-state index in [2.05, 4.69) is 15.2 Å². The first kappa shape index (κ1) is 22.6. The van der Waals surface area contributed by atoms with Gasteiger partial charge in [-0.2, -0.15) is 13.9 Å². The van der Waals surface area contributed by atoms with Crippen molar-refractivity contribution in [3.8, 4) is 22.8 Å². The van der Waals surface area contributed by atoms with E-state index in [0.717, 1.165) is 6.07 Å². The Morgan fingerprint density at radius 1 is 1.24 bits per heavy atom. The van der Waals surface area contributed by atoms with Gasteiger partial charge >= 0.3 is 6.61 Å². The lowest BCUT2D eigenvalue weighted by Crippen LogP contribution is -2.20. The van der Waals surface area contributed by atoms with Gasteiger partial charge in [-0.1, -0.05) is 6.07 Å². The van der Waals surface area contributed by atoms with E-state index < -0.39 is 24.2 Å². The number of aromatic nitrogens is 2. The largest absolute Gasteiger partial charge is 0.487 e. The zero-order valence-corrected chi connectivity index (χ0v) is 17.1. The van der Waals surface area contributed by atoms with E-state index in [0.29, 0.717) is 30.9 Å². The molecule has 33 heavy (non-hydrogen) atoms. The molecule has 0 unspecified atom stereocenters. The number of alkyl halides is 2. The van der Waals surface area contributed by atoms with Crippen molar-refractivity contribution in [3.05, 3.63) is 60.3 Å². The predicted octanol–water partition coefficient (Wildman–Crippen LogP) is 4.24. The van der Waals surface area contributed by atoms with E-state index in [1.807, 2.05) is 0 Å². The molecular formula is C22H19F4N3O4. The summed E-state index contributed by atoms with van der Waals surface area (Å²) >= 11 is 0. The van der Waals surface area contributed by atoms with Gasteiger partial charge in [-0.15, -0.1) is 0 Å². The first-order chi connectivity index (χ1) is 15.9. The lowest BCUT2D eigenvalue weighted by molar-refractivity contribution is -0.116. The molecule has 1 aromatic heterocycles. The van der Waals surface area contributed by atoms with Crippen molar-refractivity contribution >= 4 is 11.6 Å². The van der Waals surface area contributed by atoms with Crippen molar-refractivity contribution in [1.82, 2.24) is 9.78 Å². The summed E-state index contributed by atoms with van der Waals surface area (Å²) in [6, 6.07) is 9.30. The van der Waals surface area contributed by atoms with Crippen LogP contribution in [0.3, 0.4) is 0 Å². The van der Waals surface area contributed by atoms with Crippen LogP contribution in [-0.2, 0) is 16.1 Å². The van der Waals surface area contributed by atoms with Gasteiger partial charge in [0.25, 0.3) is 0 Å². The Labute approximate surface area is 185 Å². The number of hydrogen-bond donors (Lipinski definition) is 1. The van der Waals surface area contributed by atoms with Crippen LogP contribution in [0.25, 0.3) is 11.3 Å². The average molecular weight is 465 g/mol. The molecule has 11 heteroatoms. The molecule has 0 bridgehead atoms. The number of ether oxygens (including phenoxy) is 3. The lowest BCUT2D eigenvalue weighted by Gasteiger charge is -2.16. The van der Waals surface area contributed by atoms with Gasteiger partial charge < -0.3 is 19.5 Å². The van der Waals surface area contributed by atoms with Crippen molar-refractivity contribution in [3.63, 3.8) is 0 Å². The number of benzene rings is 2. The van der Waals surface area contributed by atoms with E-state index in [1.165, 1.54) is 41.2 Å². The van der Waals surface area contributed by atoms with Gasteiger partial charge in [-0.3, -0.25) is 9.48 Å². The Kier molecular flexibility index (Phi) is 6.78. The van der Waals surface area contributed by atoms with Crippen LogP contribution in [0.5, 0.6) is 11.5 Å². The summed E-state index contributed by atoms with van der Waals surface area (Å²) in [5, 5.41) is 6.61. The molecule has 4 rings (SSSR count). The normalized spacial score (nSPS) is 15.6. The molecule has 1 fully saturated rings.